The Morgan fingerprint density at radius 2 is 1.63 bits per heavy atom. The normalized spacial score (nSPS) is 10.9. The molecule has 0 fully saturated rings. The molecule has 0 radical (unpaired) electrons. The van der Waals surface area contributed by atoms with Crippen LogP contribution in [-0.2, 0) is 7.05 Å². The van der Waals surface area contributed by atoms with Gasteiger partial charge < -0.3 is 9.88 Å². The van der Waals surface area contributed by atoms with Crippen molar-refractivity contribution in [2.24, 2.45) is 17.3 Å². The summed E-state index contributed by atoms with van der Waals surface area (Å²) in [4.78, 5) is 24.2. The summed E-state index contributed by atoms with van der Waals surface area (Å²) in [6, 6.07) is 16.1. The SMILES string of the molecule is Cc1ccc(N=Nc2cc(C)ccc2NC(=O)c2ccn(C)c(=O)c2)cc1. The van der Waals surface area contributed by atoms with Crippen molar-refractivity contribution in [3.63, 3.8) is 0 Å². The van der Waals surface area contributed by atoms with E-state index < -0.39 is 0 Å². The fourth-order valence-corrected chi connectivity index (χ4v) is 2.44. The molecule has 3 aromatic rings. The Bertz CT molecular complexity index is 1070. The van der Waals surface area contributed by atoms with Crippen LogP contribution in [0.1, 0.15) is 21.5 Å². The lowest BCUT2D eigenvalue weighted by molar-refractivity contribution is 0.102. The number of pyridine rings is 1. The van der Waals surface area contributed by atoms with E-state index in [0.717, 1.165) is 16.8 Å². The van der Waals surface area contributed by atoms with Crippen LogP contribution in [-0.4, -0.2) is 10.5 Å². The first-order valence-corrected chi connectivity index (χ1v) is 8.49. The predicted molar refractivity (Wildman–Crippen MR) is 106 cm³/mol. The van der Waals surface area contributed by atoms with Gasteiger partial charge in [-0.3, -0.25) is 9.59 Å². The molecule has 0 spiro atoms. The van der Waals surface area contributed by atoms with Gasteiger partial charge in [-0.15, -0.1) is 5.11 Å². The summed E-state index contributed by atoms with van der Waals surface area (Å²) in [5, 5.41) is 11.3. The number of rotatable bonds is 4. The Hall–Kier alpha value is -3.54. The van der Waals surface area contributed by atoms with Gasteiger partial charge in [0, 0.05) is 24.9 Å². The second-order valence-corrected chi connectivity index (χ2v) is 6.37. The Morgan fingerprint density at radius 3 is 2.33 bits per heavy atom. The zero-order chi connectivity index (χ0) is 19.4. The predicted octanol–water partition coefficient (Wildman–Crippen LogP) is 4.67. The van der Waals surface area contributed by atoms with Crippen LogP contribution >= 0.6 is 0 Å². The van der Waals surface area contributed by atoms with Crippen molar-refractivity contribution in [3.05, 3.63) is 87.8 Å². The van der Waals surface area contributed by atoms with Gasteiger partial charge in [0.15, 0.2) is 0 Å². The minimum Gasteiger partial charge on any atom is -0.320 e. The number of hydrogen-bond donors (Lipinski definition) is 1. The van der Waals surface area contributed by atoms with Gasteiger partial charge in [0.1, 0.15) is 5.69 Å². The van der Waals surface area contributed by atoms with E-state index in [-0.39, 0.29) is 11.5 Å². The van der Waals surface area contributed by atoms with Crippen LogP contribution in [0.25, 0.3) is 0 Å². The van der Waals surface area contributed by atoms with E-state index in [1.165, 1.54) is 10.6 Å². The van der Waals surface area contributed by atoms with Crippen molar-refractivity contribution >= 4 is 23.0 Å². The first kappa shape index (κ1) is 18.3. The highest BCUT2D eigenvalue weighted by molar-refractivity contribution is 6.05. The third-order valence-corrected chi connectivity index (χ3v) is 4.08. The third kappa shape index (κ3) is 4.55. The molecule has 1 aromatic heterocycles. The highest BCUT2D eigenvalue weighted by Gasteiger charge is 2.10. The number of nitrogens with zero attached hydrogens (tertiary/aromatic N) is 3. The summed E-state index contributed by atoms with van der Waals surface area (Å²) in [5.41, 5.74) is 4.00. The van der Waals surface area contributed by atoms with Crippen molar-refractivity contribution in [2.45, 2.75) is 13.8 Å². The molecule has 27 heavy (non-hydrogen) atoms. The molecule has 1 N–H and O–H groups in total. The van der Waals surface area contributed by atoms with Crippen LogP contribution in [0.4, 0.5) is 17.1 Å². The van der Waals surface area contributed by atoms with Crippen LogP contribution in [0.15, 0.2) is 75.8 Å². The number of carbonyl (C=O) groups is 1. The van der Waals surface area contributed by atoms with Crippen molar-refractivity contribution < 1.29 is 4.79 Å². The van der Waals surface area contributed by atoms with Gasteiger partial charge in [0.2, 0.25) is 0 Å². The summed E-state index contributed by atoms with van der Waals surface area (Å²) in [7, 11) is 1.63. The number of aromatic nitrogens is 1. The molecule has 1 heterocycles. The lowest BCUT2D eigenvalue weighted by Crippen LogP contribution is -2.20. The molecule has 0 saturated heterocycles. The molecule has 0 aliphatic carbocycles. The quantitative estimate of drug-likeness (QED) is 0.687. The number of anilines is 1. The molecular formula is C21H20N4O2. The molecule has 3 rings (SSSR count). The molecule has 0 aliphatic heterocycles. The second kappa shape index (κ2) is 7.78. The fraction of sp³-hybridized carbons (Fsp3) is 0.143. The maximum Gasteiger partial charge on any atom is 0.255 e. The molecule has 6 heteroatoms. The first-order chi connectivity index (χ1) is 12.9. The van der Waals surface area contributed by atoms with Gasteiger partial charge in [-0.1, -0.05) is 23.8 Å². The maximum absolute atomic E-state index is 12.5. The largest absolute Gasteiger partial charge is 0.320 e. The van der Waals surface area contributed by atoms with Gasteiger partial charge >= 0.3 is 0 Å². The molecule has 0 aliphatic rings. The molecular weight excluding hydrogens is 340 g/mol. The number of amides is 1. The minimum absolute atomic E-state index is 0.245. The molecule has 0 unspecified atom stereocenters. The standard InChI is InChI=1S/C21H20N4O2/c1-14-4-7-17(8-5-14)23-24-19-12-15(2)6-9-18(19)22-21(27)16-10-11-25(3)20(26)13-16/h4-13H,1-3H3,(H,22,27). The third-order valence-electron chi connectivity index (χ3n) is 4.08. The Balaban J connectivity index is 1.87. The Labute approximate surface area is 157 Å². The van der Waals surface area contributed by atoms with Gasteiger partial charge in [-0.25, -0.2) is 0 Å². The van der Waals surface area contributed by atoms with E-state index in [1.54, 1.807) is 25.4 Å². The summed E-state index contributed by atoms with van der Waals surface area (Å²) >= 11 is 0. The Kier molecular flexibility index (Phi) is 5.26. The molecule has 0 atom stereocenters. The maximum atomic E-state index is 12.5. The van der Waals surface area contributed by atoms with Crippen LogP contribution in [0.5, 0.6) is 0 Å². The van der Waals surface area contributed by atoms with Crippen molar-refractivity contribution in [1.82, 2.24) is 4.57 Å². The first-order valence-electron chi connectivity index (χ1n) is 8.49. The van der Waals surface area contributed by atoms with Gasteiger partial charge in [0.25, 0.3) is 11.5 Å². The van der Waals surface area contributed by atoms with Crippen LogP contribution in [0.2, 0.25) is 0 Å². The molecule has 0 saturated carbocycles. The van der Waals surface area contributed by atoms with Crippen LogP contribution in [0.3, 0.4) is 0 Å². The summed E-state index contributed by atoms with van der Waals surface area (Å²) in [6.45, 7) is 3.95. The van der Waals surface area contributed by atoms with E-state index in [9.17, 15) is 9.59 Å². The average molecular weight is 360 g/mol. The highest BCUT2D eigenvalue weighted by Crippen LogP contribution is 2.28. The number of hydrogen-bond acceptors (Lipinski definition) is 4. The second-order valence-electron chi connectivity index (χ2n) is 6.37. The number of azo groups is 1. The number of benzene rings is 2. The van der Waals surface area contributed by atoms with E-state index in [0.29, 0.717) is 16.9 Å². The van der Waals surface area contributed by atoms with Crippen LogP contribution < -0.4 is 10.9 Å². The van der Waals surface area contributed by atoms with E-state index >= 15 is 0 Å². The zero-order valence-electron chi connectivity index (χ0n) is 15.4. The summed E-state index contributed by atoms with van der Waals surface area (Å²) in [5.74, 6) is -0.372. The lowest BCUT2D eigenvalue weighted by Gasteiger charge is -2.09. The molecule has 2 aromatic carbocycles. The molecule has 0 bridgehead atoms. The molecule has 6 nitrogen and oxygen atoms in total. The van der Waals surface area contributed by atoms with Crippen molar-refractivity contribution in [2.75, 3.05) is 5.32 Å². The Morgan fingerprint density at radius 1 is 0.926 bits per heavy atom. The van der Waals surface area contributed by atoms with Crippen molar-refractivity contribution in [1.29, 1.82) is 0 Å². The minimum atomic E-state index is -0.372. The number of nitrogens with one attached hydrogen (secondary N) is 1. The smallest absolute Gasteiger partial charge is 0.255 e. The summed E-state index contributed by atoms with van der Waals surface area (Å²) < 4.78 is 1.41. The van der Waals surface area contributed by atoms with Gasteiger partial charge in [-0.05, 0) is 49.7 Å². The average Bonchev–Trinajstić information content (AvgIpc) is 2.65. The molecule has 1 amide bonds. The van der Waals surface area contributed by atoms with E-state index in [2.05, 4.69) is 15.5 Å². The zero-order valence-corrected chi connectivity index (χ0v) is 15.4. The number of aryl methyl sites for hydroxylation is 3. The topological polar surface area (TPSA) is 75.8 Å². The molecule has 136 valence electrons. The van der Waals surface area contributed by atoms with Crippen molar-refractivity contribution in [3.8, 4) is 0 Å². The fourth-order valence-electron chi connectivity index (χ4n) is 2.44. The highest BCUT2D eigenvalue weighted by atomic mass is 16.2. The van der Waals surface area contributed by atoms with E-state index in [4.69, 9.17) is 0 Å². The van der Waals surface area contributed by atoms with E-state index in [1.807, 2.05) is 50.2 Å². The lowest BCUT2D eigenvalue weighted by atomic mass is 10.2. The summed E-state index contributed by atoms with van der Waals surface area (Å²) in [6.07, 6.45) is 1.56. The van der Waals surface area contributed by atoms with Gasteiger partial charge in [-0.2, -0.15) is 5.11 Å². The monoisotopic (exact) mass is 360 g/mol. The van der Waals surface area contributed by atoms with Crippen LogP contribution in [0, 0.1) is 13.8 Å². The number of carbonyl (C=O) groups excluding carboxylic acids is 1. The van der Waals surface area contributed by atoms with Gasteiger partial charge in [0.05, 0.1) is 11.4 Å².